The van der Waals surface area contributed by atoms with Gasteiger partial charge in [-0.3, -0.25) is 4.79 Å². The Morgan fingerprint density at radius 3 is 2.61 bits per heavy atom. The van der Waals surface area contributed by atoms with E-state index in [4.69, 9.17) is 0 Å². The van der Waals surface area contributed by atoms with E-state index in [2.05, 4.69) is 19.2 Å². The van der Waals surface area contributed by atoms with Gasteiger partial charge in [0.15, 0.2) is 0 Å². The van der Waals surface area contributed by atoms with E-state index in [1.165, 1.54) is 6.07 Å². The van der Waals surface area contributed by atoms with Gasteiger partial charge in [0.1, 0.15) is 5.82 Å². The number of hydrogen-bond donors (Lipinski definition) is 1. The van der Waals surface area contributed by atoms with Gasteiger partial charge in [-0.15, -0.1) is 9.24 Å². The lowest BCUT2D eigenvalue weighted by Crippen LogP contribution is -2.55. The molecule has 1 unspecified atom stereocenters. The number of alkyl halides is 2. The molecule has 0 radical (unpaired) electrons. The van der Waals surface area contributed by atoms with E-state index in [1.54, 1.807) is 29.1 Å². The Bertz CT molecular complexity index is 1150. The Hall–Kier alpha value is -2.60. The number of piperidine rings is 1. The molecule has 3 atom stereocenters. The first-order chi connectivity index (χ1) is 14.7. The maximum Gasteiger partial charge on any atom is 0.251 e. The molecule has 5 nitrogen and oxygen atoms in total. The van der Waals surface area contributed by atoms with Gasteiger partial charge in [-0.25, -0.2) is 18.2 Å². The Morgan fingerprint density at radius 1 is 1.16 bits per heavy atom. The molecule has 0 aliphatic carbocycles. The summed E-state index contributed by atoms with van der Waals surface area (Å²) in [5, 5.41) is 0.627. The SMILES string of the molecule is C[C@H]1C(=O)N(c2ccc3[nH]cnc3c2)[C@H]1c1c(F)cc(N2CCC(F)(F)CC2)cc1P. The summed E-state index contributed by atoms with van der Waals surface area (Å²) in [4.78, 5) is 23.4. The highest BCUT2D eigenvalue weighted by Crippen LogP contribution is 2.45. The number of carbonyl (C=O) groups is 1. The van der Waals surface area contributed by atoms with Crippen molar-refractivity contribution < 1.29 is 18.0 Å². The molecule has 0 saturated carbocycles. The number of amides is 1. The van der Waals surface area contributed by atoms with Gasteiger partial charge < -0.3 is 14.8 Å². The van der Waals surface area contributed by atoms with E-state index in [9.17, 15) is 13.6 Å². The summed E-state index contributed by atoms with van der Waals surface area (Å²) in [7, 11) is 2.55. The van der Waals surface area contributed by atoms with Crippen LogP contribution in [0, 0.1) is 11.7 Å². The number of aromatic nitrogens is 2. The standard InChI is InChI=1S/C22H22F3N4OP/c1-12-20(29(21(12)30)13-2-3-16-17(9-13)27-11-26-16)19-15(23)8-14(10-18(19)31)28-6-4-22(24,25)5-7-28/h2-3,8-12,20H,4-7,31H2,1H3,(H,26,27)/t12-,20-/m1/s1. The number of imidazole rings is 1. The Kier molecular flexibility index (Phi) is 4.74. The zero-order valence-corrected chi connectivity index (χ0v) is 18.1. The molecule has 3 heterocycles. The highest BCUT2D eigenvalue weighted by molar-refractivity contribution is 7.27. The van der Waals surface area contributed by atoms with Gasteiger partial charge in [-0.05, 0) is 35.6 Å². The number of H-pyrrole nitrogens is 1. The van der Waals surface area contributed by atoms with Crippen molar-refractivity contribution in [3.8, 4) is 0 Å². The van der Waals surface area contributed by atoms with Gasteiger partial charge in [-0.1, -0.05) is 6.92 Å². The van der Waals surface area contributed by atoms with Crippen LogP contribution < -0.4 is 15.1 Å². The molecule has 0 spiro atoms. The highest BCUT2D eigenvalue weighted by Gasteiger charge is 2.48. The normalized spacial score (nSPS) is 23.3. The average molecular weight is 446 g/mol. The van der Waals surface area contributed by atoms with E-state index in [1.807, 2.05) is 18.2 Å². The fourth-order valence-corrected chi connectivity index (χ4v) is 5.06. The molecule has 1 N–H and O–H groups in total. The van der Waals surface area contributed by atoms with Crippen molar-refractivity contribution in [1.29, 1.82) is 0 Å². The van der Waals surface area contributed by atoms with E-state index >= 15 is 4.39 Å². The van der Waals surface area contributed by atoms with Crippen LogP contribution in [0.2, 0.25) is 0 Å². The van der Waals surface area contributed by atoms with Crippen LogP contribution in [0.1, 0.15) is 31.4 Å². The highest BCUT2D eigenvalue weighted by atomic mass is 31.0. The number of benzene rings is 2. The number of rotatable bonds is 3. The Morgan fingerprint density at radius 2 is 1.90 bits per heavy atom. The molecule has 2 saturated heterocycles. The second-order valence-corrected chi connectivity index (χ2v) is 8.94. The van der Waals surface area contributed by atoms with E-state index in [-0.39, 0.29) is 37.8 Å². The number of halogens is 3. The molecule has 31 heavy (non-hydrogen) atoms. The van der Waals surface area contributed by atoms with Crippen molar-refractivity contribution in [2.24, 2.45) is 5.92 Å². The summed E-state index contributed by atoms with van der Waals surface area (Å²) in [5.41, 5.74) is 3.27. The fourth-order valence-electron chi connectivity index (χ4n) is 4.58. The third-order valence-electron chi connectivity index (χ3n) is 6.36. The second kappa shape index (κ2) is 7.23. The van der Waals surface area contributed by atoms with Crippen molar-refractivity contribution in [3.63, 3.8) is 0 Å². The minimum atomic E-state index is -2.66. The smallest absolute Gasteiger partial charge is 0.251 e. The molecule has 1 amide bonds. The minimum Gasteiger partial charge on any atom is -0.371 e. The number of carbonyl (C=O) groups excluding carboxylic acids is 1. The van der Waals surface area contributed by atoms with Crippen molar-refractivity contribution in [2.75, 3.05) is 22.9 Å². The molecule has 2 fully saturated rings. The van der Waals surface area contributed by atoms with Crippen LogP contribution in [0.3, 0.4) is 0 Å². The molecule has 2 aliphatic heterocycles. The summed E-state index contributed by atoms with van der Waals surface area (Å²) in [5.74, 6) is -3.54. The first-order valence-corrected chi connectivity index (χ1v) is 10.8. The topological polar surface area (TPSA) is 52.2 Å². The van der Waals surface area contributed by atoms with Gasteiger partial charge in [0, 0.05) is 42.9 Å². The summed E-state index contributed by atoms with van der Waals surface area (Å²) in [6.07, 6.45) is 1.11. The fraction of sp³-hybridized carbons (Fsp3) is 0.364. The maximum absolute atomic E-state index is 15.3. The van der Waals surface area contributed by atoms with Crippen LogP contribution in [0.4, 0.5) is 24.5 Å². The lowest BCUT2D eigenvalue weighted by molar-refractivity contribution is -0.129. The molecule has 5 rings (SSSR count). The molecular formula is C22H22F3N4OP. The molecule has 2 aliphatic rings. The van der Waals surface area contributed by atoms with Crippen LogP contribution >= 0.6 is 9.24 Å². The summed E-state index contributed by atoms with van der Waals surface area (Å²) < 4.78 is 42.3. The van der Waals surface area contributed by atoms with Gasteiger partial charge >= 0.3 is 0 Å². The van der Waals surface area contributed by atoms with Crippen LogP contribution in [0.25, 0.3) is 11.0 Å². The van der Waals surface area contributed by atoms with Crippen molar-refractivity contribution in [1.82, 2.24) is 9.97 Å². The number of β-lactam (4-membered cyclic amide) rings is 1. The van der Waals surface area contributed by atoms with Crippen molar-refractivity contribution in [2.45, 2.75) is 31.7 Å². The first kappa shape index (κ1) is 20.3. The Labute approximate surface area is 179 Å². The van der Waals surface area contributed by atoms with Gasteiger partial charge in [0.25, 0.3) is 5.92 Å². The van der Waals surface area contributed by atoms with Crippen LogP contribution in [0.15, 0.2) is 36.7 Å². The number of anilines is 2. The van der Waals surface area contributed by atoms with E-state index in [0.29, 0.717) is 22.2 Å². The molecule has 162 valence electrons. The zero-order chi connectivity index (χ0) is 21.9. The molecule has 3 aromatic rings. The van der Waals surface area contributed by atoms with E-state index < -0.39 is 17.8 Å². The summed E-state index contributed by atoms with van der Waals surface area (Å²) in [6.45, 7) is 2.16. The molecule has 1 aromatic heterocycles. The monoisotopic (exact) mass is 446 g/mol. The van der Waals surface area contributed by atoms with Crippen molar-refractivity contribution >= 4 is 42.9 Å². The maximum atomic E-state index is 15.3. The quantitative estimate of drug-likeness (QED) is 0.486. The van der Waals surface area contributed by atoms with E-state index in [0.717, 1.165) is 11.0 Å². The first-order valence-electron chi connectivity index (χ1n) is 10.2. The third-order valence-corrected chi connectivity index (χ3v) is 6.84. The largest absolute Gasteiger partial charge is 0.371 e. The number of hydrogen-bond acceptors (Lipinski definition) is 3. The minimum absolute atomic E-state index is 0.0778. The summed E-state index contributed by atoms with van der Waals surface area (Å²) in [6, 6.07) is 8.23. The number of aromatic amines is 1. The number of nitrogens with zero attached hydrogens (tertiary/aromatic N) is 3. The third kappa shape index (κ3) is 3.37. The van der Waals surface area contributed by atoms with Gasteiger partial charge in [-0.2, -0.15) is 0 Å². The van der Waals surface area contributed by atoms with Crippen LogP contribution in [-0.4, -0.2) is 34.9 Å². The Balaban J connectivity index is 1.47. The molecule has 2 aromatic carbocycles. The summed E-state index contributed by atoms with van der Waals surface area (Å²) >= 11 is 0. The van der Waals surface area contributed by atoms with Gasteiger partial charge in [0.05, 0.1) is 29.3 Å². The number of fused-ring (bicyclic) bond motifs is 1. The molecule has 9 heteroatoms. The average Bonchev–Trinajstić information content (AvgIpc) is 3.20. The molecule has 0 bridgehead atoms. The number of nitrogens with one attached hydrogen (secondary N) is 1. The van der Waals surface area contributed by atoms with Crippen LogP contribution in [0.5, 0.6) is 0 Å². The van der Waals surface area contributed by atoms with Crippen LogP contribution in [-0.2, 0) is 4.79 Å². The predicted octanol–water partition coefficient (Wildman–Crippen LogP) is 4.16. The predicted molar refractivity (Wildman–Crippen MR) is 118 cm³/mol. The van der Waals surface area contributed by atoms with Crippen molar-refractivity contribution in [3.05, 3.63) is 48.0 Å². The lowest BCUT2D eigenvalue weighted by atomic mass is 9.82. The lowest BCUT2D eigenvalue weighted by Gasteiger charge is -2.46. The zero-order valence-electron chi connectivity index (χ0n) is 16.9. The molecular weight excluding hydrogens is 424 g/mol. The van der Waals surface area contributed by atoms with Gasteiger partial charge in [0.2, 0.25) is 5.91 Å². The second-order valence-electron chi connectivity index (χ2n) is 8.32.